The van der Waals surface area contributed by atoms with E-state index in [2.05, 4.69) is 26.0 Å². The minimum absolute atomic E-state index is 0.0230. The second-order valence-electron chi connectivity index (χ2n) is 7.92. The molecule has 0 aliphatic heterocycles. The van der Waals surface area contributed by atoms with Crippen LogP contribution in [0.2, 0.25) is 0 Å². The van der Waals surface area contributed by atoms with Gasteiger partial charge in [-0.3, -0.25) is 14.9 Å². The third-order valence-electron chi connectivity index (χ3n) is 5.22. The molecular formula is C27H25N5O4S. The maximum Gasteiger partial charge on any atom is 0.257 e. The molecule has 2 N–H and O–H groups in total. The summed E-state index contributed by atoms with van der Waals surface area (Å²) in [6, 6.07) is 22.5. The molecule has 0 radical (unpaired) electrons. The number of ether oxygens (including phenoxy) is 2. The maximum atomic E-state index is 12.4. The molecule has 9 nitrogen and oxygen atoms in total. The zero-order valence-corrected chi connectivity index (χ0v) is 21.1. The van der Waals surface area contributed by atoms with E-state index in [-0.39, 0.29) is 18.2 Å². The molecule has 37 heavy (non-hydrogen) atoms. The van der Waals surface area contributed by atoms with Gasteiger partial charge in [0.15, 0.2) is 11.5 Å². The number of hydrogen-bond donors (Lipinski definition) is 2. The van der Waals surface area contributed by atoms with Gasteiger partial charge in [0.05, 0.1) is 19.7 Å². The molecule has 1 aromatic heterocycles. The lowest BCUT2D eigenvalue weighted by molar-refractivity contribution is -0.120. The van der Waals surface area contributed by atoms with E-state index in [1.54, 1.807) is 31.4 Å². The number of amides is 2. The quantitative estimate of drug-likeness (QED) is 0.239. The number of benzene rings is 3. The normalized spacial score (nSPS) is 10.8. The van der Waals surface area contributed by atoms with Crippen molar-refractivity contribution < 1.29 is 19.1 Å². The Bertz CT molecular complexity index is 1400. The molecule has 0 spiro atoms. The lowest BCUT2D eigenvalue weighted by atomic mass is 10.1. The van der Waals surface area contributed by atoms with Gasteiger partial charge < -0.3 is 9.47 Å². The first-order valence-corrected chi connectivity index (χ1v) is 12.2. The number of aromatic nitrogens is 2. The summed E-state index contributed by atoms with van der Waals surface area (Å²) >= 11 is 1.13. The largest absolute Gasteiger partial charge is 0.493 e. The Kier molecular flexibility index (Phi) is 8.56. The Morgan fingerprint density at radius 2 is 1.78 bits per heavy atom. The van der Waals surface area contributed by atoms with Gasteiger partial charge in [0.1, 0.15) is 11.6 Å². The van der Waals surface area contributed by atoms with E-state index in [1.165, 1.54) is 6.21 Å². The zero-order valence-electron chi connectivity index (χ0n) is 20.3. The van der Waals surface area contributed by atoms with E-state index in [9.17, 15) is 9.59 Å². The van der Waals surface area contributed by atoms with Gasteiger partial charge in [-0.25, -0.2) is 5.43 Å². The van der Waals surface area contributed by atoms with Crippen LogP contribution in [0.15, 0.2) is 77.9 Å². The van der Waals surface area contributed by atoms with Gasteiger partial charge in [0.2, 0.25) is 11.0 Å². The van der Waals surface area contributed by atoms with Crippen molar-refractivity contribution >= 4 is 34.5 Å². The van der Waals surface area contributed by atoms with Crippen molar-refractivity contribution in [1.29, 1.82) is 0 Å². The van der Waals surface area contributed by atoms with E-state index in [0.29, 0.717) is 33.8 Å². The summed E-state index contributed by atoms with van der Waals surface area (Å²) in [6.45, 7) is 2.28. The molecule has 0 aliphatic carbocycles. The van der Waals surface area contributed by atoms with Crippen molar-refractivity contribution in [3.05, 3.63) is 100 Å². The number of carbonyl (C=O) groups excluding carboxylic acids is 2. The summed E-state index contributed by atoms with van der Waals surface area (Å²) in [6.07, 6.45) is 1.49. The van der Waals surface area contributed by atoms with E-state index < -0.39 is 0 Å². The van der Waals surface area contributed by atoms with Gasteiger partial charge in [-0.2, -0.15) is 5.10 Å². The average Bonchev–Trinajstić information content (AvgIpc) is 3.34. The molecule has 1 heterocycles. The SMILES string of the molecule is COc1cc(/C=N/NC(=O)Cc2nnc(NC(=O)c3ccccc3C)s2)ccc1OCc1ccccc1. The third kappa shape index (κ3) is 7.21. The Morgan fingerprint density at radius 1 is 1.00 bits per heavy atom. The van der Waals surface area contributed by atoms with Crippen molar-refractivity contribution in [2.45, 2.75) is 20.0 Å². The van der Waals surface area contributed by atoms with Crippen LogP contribution in [0.25, 0.3) is 0 Å². The lowest BCUT2D eigenvalue weighted by Crippen LogP contribution is -2.19. The van der Waals surface area contributed by atoms with Crippen LogP contribution in [0.1, 0.15) is 32.1 Å². The summed E-state index contributed by atoms with van der Waals surface area (Å²) in [5.41, 5.74) is 5.66. The fraction of sp³-hybridized carbons (Fsp3) is 0.148. The van der Waals surface area contributed by atoms with Crippen LogP contribution in [0, 0.1) is 6.92 Å². The molecule has 0 fully saturated rings. The van der Waals surface area contributed by atoms with Crippen molar-refractivity contribution in [3.63, 3.8) is 0 Å². The number of rotatable bonds is 10. The molecule has 0 bridgehead atoms. The van der Waals surface area contributed by atoms with Crippen molar-refractivity contribution in [2.24, 2.45) is 5.10 Å². The van der Waals surface area contributed by atoms with Crippen molar-refractivity contribution in [3.8, 4) is 11.5 Å². The molecule has 2 amide bonds. The molecule has 0 saturated carbocycles. The third-order valence-corrected chi connectivity index (χ3v) is 6.06. The Morgan fingerprint density at radius 3 is 2.57 bits per heavy atom. The Labute approximate surface area is 218 Å². The van der Waals surface area contributed by atoms with Gasteiger partial charge >= 0.3 is 0 Å². The molecule has 0 aliphatic rings. The Balaban J connectivity index is 1.28. The number of anilines is 1. The highest BCUT2D eigenvalue weighted by Crippen LogP contribution is 2.28. The van der Waals surface area contributed by atoms with Crippen LogP contribution >= 0.6 is 11.3 Å². The first kappa shape index (κ1) is 25.5. The molecule has 3 aromatic carbocycles. The van der Waals surface area contributed by atoms with Gasteiger partial charge in [-0.1, -0.05) is 59.9 Å². The van der Waals surface area contributed by atoms with Crippen LogP contribution in [0.3, 0.4) is 0 Å². The predicted molar refractivity (Wildman–Crippen MR) is 142 cm³/mol. The highest BCUT2D eigenvalue weighted by atomic mass is 32.1. The minimum Gasteiger partial charge on any atom is -0.493 e. The Hall–Kier alpha value is -4.57. The van der Waals surface area contributed by atoms with Crippen LogP contribution in [-0.4, -0.2) is 35.3 Å². The van der Waals surface area contributed by atoms with Crippen LogP contribution < -0.4 is 20.2 Å². The molecule has 4 rings (SSSR count). The molecule has 0 saturated heterocycles. The summed E-state index contributed by atoms with van der Waals surface area (Å²) in [4.78, 5) is 24.7. The van der Waals surface area contributed by atoms with Crippen LogP contribution in [-0.2, 0) is 17.8 Å². The monoisotopic (exact) mass is 515 g/mol. The predicted octanol–water partition coefficient (Wildman–Crippen LogP) is 4.38. The zero-order chi connectivity index (χ0) is 26.0. The second-order valence-corrected chi connectivity index (χ2v) is 8.99. The van der Waals surface area contributed by atoms with E-state index >= 15 is 0 Å². The summed E-state index contributed by atoms with van der Waals surface area (Å²) < 4.78 is 11.3. The number of carbonyl (C=O) groups is 2. The molecule has 188 valence electrons. The molecule has 4 aromatic rings. The fourth-order valence-corrected chi connectivity index (χ4v) is 4.08. The average molecular weight is 516 g/mol. The minimum atomic E-state index is -0.362. The van der Waals surface area contributed by atoms with Gasteiger partial charge in [0.25, 0.3) is 5.91 Å². The first-order valence-electron chi connectivity index (χ1n) is 11.4. The molecular weight excluding hydrogens is 490 g/mol. The van der Waals surface area contributed by atoms with Crippen molar-refractivity contribution in [1.82, 2.24) is 15.6 Å². The summed E-state index contributed by atoms with van der Waals surface area (Å²) in [5, 5.41) is 15.4. The number of nitrogens with zero attached hydrogens (tertiary/aromatic N) is 3. The summed E-state index contributed by atoms with van der Waals surface area (Å²) in [5.74, 6) is 0.523. The molecule has 10 heteroatoms. The number of methoxy groups -OCH3 is 1. The van der Waals surface area contributed by atoms with Gasteiger partial charge in [0, 0.05) is 5.56 Å². The fourth-order valence-electron chi connectivity index (χ4n) is 3.34. The van der Waals surface area contributed by atoms with Crippen LogP contribution in [0.5, 0.6) is 11.5 Å². The van der Waals surface area contributed by atoms with Gasteiger partial charge in [-0.05, 0) is 47.9 Å². The topological polar surface area (TPSA) is 115 Å². The van der Waals surface area contributed by atoms with E-state index in [0.717, 1.165) is 28.0 Å². The van der Waals surface area contributed by atoms with E-state index in [4.69, 9.17) is 9.47 Å². The lowest BCUT2D eigenvalue weighted by Gasteiger charge is -2.11. The highest BCUT2D eigenvalue weighted by molar-refractivity contribution is 7.15. The van der Waals surface area contributed by atoms with E-state index in [1.807, 2.05) is 55.5 Å². The van der Waals surface area contributed by atoms with Crippen molar-refractivity contribution in [2.75, 3.05) is 12.4 Å². The summed E-state index contributed by atoms with van der Waals surface area (Å²) in [7, 11) is 1.56. The van der Waals surface area contributed by atoms with Crippen LogP contribution in [0.4, 0.5) is 5.13 Å². The molecule has 0 atom stereocenters. The highest BCUT2D eigenvalue weighted by Gasteiger charge is 2.13. The molecule has 0 unspecified atom stereocenters. The number of aryl methyl sites for hydroxylation is 1. The maximum absolute atomic E-state index is 12.4. The smallest absolute Gasteiger partial charge is 0.257 e. The second kappa shape index (κ2) is 12.4. The number of hydrogen-bond acceptors (Lipinski definition) is 8. The standard InChI is InChI=1S/C27H25N5O4S/c1-18-8-6-7-11-21(18)26(34)29-27-32-31-25(37-27)15-24(33)30-28-16-20-12-13-22(23(14-20)35-2)36-17-19-9-4-3-5-10-19/h3-14,16H,15,17H2,1-2H3,(H,30,33)(H,29,32,34)/b28-16+. The van der Waals surface area contributed by atoms with Gasteiger partial charge in [-0.15, -0.1) is 10.2 Å². The number of hydrazone groups is 1. The number of nitrogens with one attached hydrogen (secondary N) is 2. The first-order chi connectivity index (χ1) is 18.0.